The summed E-state index contributed by atoms with van der Waals surface area (Å²) >= 11 is 0. The summed E-state index contributed by atoms with van der Waals surface area (Å²) < 4.78 is 16.8. The van der Waals surface area contributed by atoms with E-state index in [1.165, 1.54) is 0 Å². The van der Waals surface area contributed by atoms with Crippen LogP contribution in [0.2, 0.25) is 0 Å². The van der Waals surface area contributed by atoms with Gasteiger partial charge < -0.3 is 19.9 Å². The number of rotatable bonds is 6. The number of methoxy groups -OCH3 is 1. The fourth-order valence-corrected chi connectivity index (χ4v) is 3.04. The summed E-state index contributed by atoms with van der Waals surface area (Å²) in [5, 5.41) is 16.6. The smallest absolute Gasteiger partial charge is 0.244 e. The minimum Gasteiger partial charge on any atom is -0.493 e. The predicted molar refractivity (Wildman–Crippen MR) is 96.0 cm³/mol. The molecular weight excluding hydrogens is 332 g/mol. The van der Waals surface area contributed by atoms with Crippen LogP contribution in [0.1, 0.15) is 42.5 Å². The Kier molecular flexibility index (Phi) is 5.03. The molecule has 1 aliphatic rings. The first-order valence-electron chi connectivity index (χ1n) is 8.53. The number of ether oxygens (including phenoxy) is 3. The molecule has 0 saturated heterocycles. The Balaban J connectivity index is 2.04. The third-order valence-electron chi connectivity index (χ3n) is 4.41. The maximum absolute atomic E-state index is 9.62. The number of nitrogens with one attached hydrogen (secondary N) is 1. The van der Waals surface area contributed by atoms with Gasteiger partial charge in [0.05, 0.1) is 19.6 Å². The number of nitrogens with two attached hydrogens (primary N) is 1. The van der Waals surface area contributed by atoms with E-state index in [1.54, 1.807) is 7.11 Å². The zero-order chi connectivity index (χ0) is 18.7. The second-order valence-electron chi connectivity index (χ2n) is 6.10. The molecule has 1 unspecified atom stereocenters. The number of allylic oxidation sites excluding steroid dienone is 1. The quantitative estimate of drug-likeness (QED) is 0.772. The Morgan fingerprint density at radius 3 is 2.88 bits per heavy atom. The topological polar surface area (TPSA) is 106 Å². The highest BCUT2D eigenvalue weighted by molar-refractivity contribution is 5.57. The first-order valence-corrected chi connectivity index (χ1v) is 8.53. The van der Waals surface area contributed by atoms with E-state index in [2.05, 4.69) is 23.2 Å². The highest BCUT2D eigenvalue weighted by atomic mass is 16.5. The van der Waals surface area contributed by atoms with Crippen molar-refractivity contribution < 1.29 is 14.2 Å². The summed E-state index contributed by atoms with van der Waals surface area (Å²) in [5.41, 5.74) is 8.79. The maximum atomic E-state index is 9.62. The van der Waals surface area contributed by atoms with Gasteiger partial charge in [0.15, 0.2) is 11.5 Å². The molecule has 0 aliphatic carbocycles. The van der Waals surface area contributed by atoms with Gasteiger partial charge >= 0.3 is 0 Å². The summed E-state index contributed by atoms with van der Waals surface area (Å²) in [4.78, 5) is 0. The van der Waals surface area contributed by atoms with Gasteiger partial charge in [0, 0.05) is 11.3 Å². The number of aromatic amines is 1. The van der Waals surface area contributed by atoms with Crippen LogP contribution in [0, 0.1) is 18.3 Å². The number of benzene rings is 1. The molecule has 0 bridgehead atoms. The van der Waals surface area contributed by atoms with Crippen LogP contribution in [0.15, 0.2) is 29.7 Å². The zero-order valence-electron chi connectivity index (χ0n) is 15.1. The summed E-state index contributed by atoms with van der Waals surface area (Å²) in [7, 11) is 1.60. The van der Waals surface area contributed by atoms with Crippen LogP contribution < -0.4 is 19.9 Å². The number of hydrogen-bond acceptors (Lipinski definition) is 6. The third-order valence-corrected chi connectivity index (χ3v) is 4.41. The molecule has 0 radical (unpaired) electrons. The van der Waals surface area contributed by atoms with Crippen molar-refractivity contribution in [3.63, 3.8) is 0 Å². The van der Waals surface area contributed by atoms with Gasteiger partial charge in [-0.25, -0.2) is 0 Å². The molecule has 0 amide bonds. The van der Waals surface area contributed by atoms with Gasteiger partial charge in [0.1, 0.15) is 11.6 Å². The Hall–Kier alpha value is -3.14. The van der Waals surface area contributed by atoms with Crippen LogP contribution in [0.3, 0.4) is 0 Å². The molecule has 1 aromatic carbocycles. The lowest BCUT2D eigenvalue weighted by Gasteiger charge is -2.24. The molecule has 1 aliphatic heterocycles. The van der Waals surface area contributed by atoms with Crippen molar-refractivity contribution in [1.29, 1.82) is 5.26 Å². The molecular formula is C19H22N4O3. The van der Waals surface area contributed by atoms with E-state index in [0.717, 1.165) is 29.7 Å². The monoisotopic (exact) mass is 354 g/mol. The van der Waals surface area contributed by atoms with E-state index in [9.17, 15) is 5.26 Å². The highest BCUT2D eigenvalue weighted by Gasteiger charge is 2.34. The number of aromatic nitrogens is 2. The fourth-order valence-electron chi connectivity index (χ4n) is 3.04. The van der Waals surface area contributed by atoms with E-state index in [0.29, 0.717) is 29.6 Å². The molecule has 7 heteroatoms. The fraction of sp³-hybridized carbons (Fsp3) is 0.368. The van der Waals surface area contributed by atoms with Crippen LogP contribution in [-0.4, -0.2) is 23.9 Å². The lowest BCUT2D eigenvalue weighted by Crippen LogP contribution is -2.21. The molecule has 1 atom stereocenters. The molecule has 7 nitrogen and oxygen atoms in total. The van der Waals surface area contributed by atoms with Gasteiger partial charge in [-0.1, -0.05) is 19.4 Å². The highest BCUT2D eigenvalue weighted by Crippen LogP contribution is 2.44. The van der Waals surface area contributed by atoms with Crippen molar-refractivity contribution in [1.82, 2.24) is 10.2 Å². The number of nitriles is 1. The van der Waals surface area contributed by atoms with Crippen molar-refractivity contribution in [3.05, 3.63) is 46.5 Å². The van der Waals surface area contributed by atoms with Gasteiger partial charge in [0.25, 0.3) is 0 Å². The molecule has 2 heterocycles. The summed E-state index contributed by atoms with van der Waals surface area (Å²) in [6, 6.07) is 7.82. The number of unbranched alkanes of at least 4 members (excludes halogenated alkanes) is 1. The minimum absolute atomic E-state index is 0.0683. The molecule has 0 fully saturated rings. The Morgan fingerprint density at radius 2 is 2.19 bits per heavy atom. The van der Waals surface area contributed by atoms with Gasteiger partial charge in [-0.3, -0.25) is 5.10 Å². The Morgan fingerprint density at radius 1 is 1.38 bits per heavy atom. The zero-order valence-corrected chi connectivity index (χ0v) is 15.1. The summed E-state index contributed by atoms with van der Waals surface area (Å²) in [5.74, 6) is 1.38. The lowest BCUT2D eigenvalue weighted by atomic mass is 9.84. The molecule has 2 aromatic rings. The second kappa shape index (κ2) is 7.40. The van der Waals surface area contributed by atoms with Crippen molar-refractivity contribution in [2.24, 2.45) is 5.73 Å². The molecule has 0 saturated carbocycles. The summed E-state index contributed by atoms with van der Waals surface area (Å²) in [6.45, 7) is 4.63. The molecule has 26 heavy (non-hydrogen) atoms. The number of nitrogens with zero attached hydrogens (tertiary/aromatic N) is 2. The van der Waals surface area contributed by atoms with E-state index in [1.807, 2.05) is 25.1 Å². The van der Waals surface area contributed by atoms with Crippen LogP contribution in [0.25, 0.3) is 0 Å². The third kappa shape index (κ3) is 3.06. The van der Waals surface area contributed by atoms with E-state index >= 15 is 0 Å². The number of hydrogen-bond donors (Lipinski definition) is 2. The number of H-pyrrole nitrogens is 1. The molecule has 3 rings (SSSR count). The van der Waals surface area contributed by atoms with Gasteiger partial charge in [-0.15, -0.1) is 5.10 Å². The van der Waals surface area contributed by atoms with Crippen LogP contribution >= 0.6 is 0 Å². The van der Waals surface area contributed by atoms with E-state index < -0.39 is 0 Å². The van der Waals surface area contributed by atoms with Crippen molar-refractivity contribution in [2.45, 2.75) is 32.6 Å². The van der Waals surface area contributed by atoms with Crippen molar-refractivity contribution >= 4 is 0 Å². The van der Waals surface area contributed by atoms with Crippen molar-refractivity contribution in [3.8, 4) is 23.4 Å². The average Bonchev–Trinajstić information content (AvgIpc) is 3.01. The van der Waals surface area contributed by atoms with Crippen LogP contribution in [0.4, 0.5) is 0 Å². The van der Waals surface area contributed by atoms with Crippen LogP contribution in [-0.2, 0) is 0 Å². The van der Waals surface area contributed by atoms with Crippen molar-refractivity contribution in [2.75, 3.05) is 13.7 Å². The molecule has 3 N–H and O–H groups in total. The lowest BCUT2D eigenvalue weighted by molar-refractivity contribution is 0.288. The molecule has 0 spiro atoms. The minimum atomic E-state index is -0.374. The first-order chi connectivity index (χ1) is 12.6. The predicted octanol–water partition coefficient (Wildman–Crippen LogP) is 3.12. The Bertz CT molecular complexity index is 879. The number of fused-ring (bicyclic) bond motifs is 1. The normalized spacial score (nSPS) is 15.8. The average molecular weight is 354 g/mol. The SMILES string of the molecule is CCCCOc1ccc(C2C(C#N)=C(N)Oc3n[nH]c(C)c32)cc1OC. The largest absolute Gasteiger partial charge is 0.493 e. The molecule has 1 aromatic heterocycles. The van der Waals surface area contributed by atoms with Crippen LogP contribution in [0.5, 0.6) is 17.4 Å². The van der Waals surface area contributed by atoms with Gasteiger partial charge in [0.2, 0.25) is 11.8 Å². The van der Waals surface area contributed by atoms with E-state index in [4.69, 9.17) is 19.9 Å². The Labute approximate surface area is 152 Å². The maximum Gasteiger partial charge on any atom is 0.244 e. The summed E-state index contributed by atoms with van der Waals surface area (Å²) in [6.07, 6.45) is 2.03. The second-order valence-corrected chi connectivity index (χ2v) is 6.10. The van der Waals surface area contributed by atoms with E-state index in [-0.39, 0.29) is 11.8 Å². The first kappa shape index (κ1) is 17.7. The van der Waals surface area contributed by atoms with Gasteiger partial charge in [-0.05, 0) is 31.0 Å². The van der Waals surface area contributed by atoms with Gasteiger partial charge in [-0.2, -0.15) is 5.26 Å². The number of aryl methyl sites for hydroxylation is 1. The molecule has 136 valence electrons. The standard InChI is InChI=1S/C19H22N4O3/c1-4-5-8-25-14-7-6-12(9-15(14)24-3)17-13(10-20)18(21)26-19-16(17)11(2)22-23-19/h6-7,9,17H,4-5,8,21H2,1-3H3,(H,22,23).